The number of aromatic nitrogens is 1. The molecule has 106 valence electrons. The molecule has 6 heteroatoms. The van der Waals surface area contributed by atoms with Crippen molar-refractivity contribution in [2.45, 2.75) is 18.9 Å². The Balaban J connectivity index is 1.84. The van der Waals surface area contributed by atoms with Crippen molar-refractivity contribution in [2.75, 3.05) is 23.3 Å². The molecule has 0 unspecified atom stereocenters. The van der Waals surface area contributed by atoms with Gasteiger partial charge in [-0.05, 0) is 31.0 Å². The van der Waals surface area contributed by atoms with Crippen LogP contribution in [0.2, 0.25) is 4.34 Å². The number of hydrogen-bond acceptors (Lipinski definition) is 5. The summed E-state index contributed by atoms with van der Waals surface area (Å²) in [5, 5.41) is 4.41. The van der Waals surface area contributed by atoms with Crippen LogP contribution in [0.4, 0.5) is 16.4 Å². The van der Waals surface area contributed by atoms with Gasteiger partial charge in [-0.1, -0.05) is 11.6 Å². The molecule has 0 saturated carbocycles. The third-order valence-corrected chi connectivity index (χ3v) is 4.57. The molecular weight excluding hydrogens is 292 g/mol. The van der Waals surface area contributed by atoms with E-state index in [1.165, 1.54) is 11.3 Å². The minimum absolute atomic E-state index is 0.251. The third-order valence-electron chi connectivity index (χ3n) is 3.43. The van der Waals surface area contributed by atoms with Crippen LogP contribution in [0.3, 0.4) is 0 Å². The van der Waals surface area contributed by atoms with Crippen LogP contribution >= 0.6 is 22.9 Å². The molecule has 3 rings (SSSR count). The highest BCUT2D eigenvalue weighted by Crippen LogP contribution is 2.33. The van der Waals surface area contributed by atoms with Crippen LogP contribution in [0, 0.1) is 0 Å². The maximum absolute atomic E-state index is 6.08. The number of halogens is 1. The quantitative estimate of drug-likeness (QED) is 0.911. The van der Waals surface area contributed by atoms with Gasteiger partial charge in [-0.25, -0.2) is 0 Å². The average Bonchev–Trinajstić information content (AvgIpc) is 2.85. The van der Waals surface area contributed by atoms with Gasteiger partial charge in [-0.2, -0.15) is 0 Å². The zero-order chi connectivity index (χ0) is 13.9. The lowest BCUT2D eigenvalue weighted by Crippen LogP contribution is -2.43. The molecule has 1 aliphatic rings. The second-order valence-corrected chi connectivity index (χ2v) is 6.68. The van der Waals surface area contributed by atoms with Crippen molar-refractivity contribution in [1.82, 2.24) is 4.98 Å². The maximum Gasteiger partial charge on any atom is 0.0950 e. The van der Waals surface area contributed by atoms with Gasteiger partial charge < -0.3 is 16.0 Å². The summed E-state index contributed by atoms with van der Waals surface area (Å²) in [6.07, 6.45) is 5.91. The fourth-order valence-corrected chi connectivity index (χ4v) is 3.46. The number of nitrogens with two attached hydrogens (primary N) is 1. The summed E-state index contributed by atoms with van der Waals surface area (Å²) in [5.41, 5.74) is 8.23. The van der Waals surface area contributed by atoms with E-state index in [9.17, 15) is 0 Å². The summed E-state index contributed by atoms with van der Waals surface area (Å²) >= 11 is 7.49. The molecule has 0 aromatic carbocycles. The summed E-state index contributed by atoms with van der Waals surface area (Å²) in [6.45, 7) is 1.93. The maximum atomic E-state index is 6.08. The topological polar surface area (TPSA) is 54.2 Å². The van der Waals surface area contributed by atoms with Gasteiger partial charge in [0, 0.05) is 25.3 Å². The average molecular weight is 309 g/mol. The minimum atomic E-state index is 0.251. The smallest absolute Gasteiger partial charge is 0.0950 e. The Bertz CT molecular complexity index is 586. The van der Waals surface area contributed by atoms with Crippen LogP contribution in [0.15, 0.2) is 30.6 Å². The lowest BCUT2D eigenvalue weighted by molar-refractivity contribution is 0.506. The first-order valence-electron chi connectivity index (χ1n) is 6.69. The molecule has 2 aromatic heterocycles. The monoisotopic (exact) mass is 308 g/mol. The molecule has 0 amide bonds. The van der Waals surface area contributed by atoms with Gasteiger partial charge in [-0.3, -0.25) is 4.98 Å². The Labute approximate surface area is 127 Å². The molecule has 2 aromatic rings. The number of rotatable bonds is 3. The predicted octanol–water partition coefficient (Wildman–Crippen LogP) is 3.47. The molecule has 1 atom stereocenters. The highest BCUT2D eigenvalue weighted by Gasteiger charge is 2.19. The zero-order valence-electron chi connectivity index (χ0n) is 11.1. The Morgan fingerprint density at radius 1 is 1.40 bits per heavy atom. The van der Waals surface area contributed by atoms with Crippen molar-refractivity contribution >= 4 is 39.3 Å². The van der Waals surface area contributed by atoms with E-state index in [-0.39, 0.29) is 6.04 Å². The normalized spacial score (nSPS) is 19.1. The van der Waals surface area contributed by atoms with Gasteiger partial charge in [0.1, 0.15) is 0 Å². The number of nitrogens with zero attached hydrogens (tertiary/aromatic N) is 2. The first-order chi connectivity index (χ1) is 9.72. The van der Waals surface area contributed by atoms with E-state index >= 15 is 0 Å². The number of nitrogens with one attached hydrogen (secondary N) is 1. The highest BCUT2D eigenvalue weighted by atomic mass is 35.5. The van der Waals surface area contributed by atoms with Crippen molar-refractivity contribution in [2.24, 2.45) is 5.73 Å². The van der Waals surface area contributed by atoms with Crippen molar-refractivity contribution in [3.8, 4) is 0 Å². The molecule has 20 heavy (non-hydrogen) atoms. The summed E-state index contributed by atoms with van der Waals surface area (Å²) in [6, 6.07) is 6.16. The molecule has 3 N–H and O–H groups in total. The van der Waals surface area contributed by atoms with Gasteiger partial charge in [-0.15, -0.1) is 11.3 Å². The molecule has 0 spiro atoms. The second kappa shape index (κ2) is 5.99. The van der Waals surface area contributed by atoms with E-state index in [0.717, 1.165) is 46.6 Å². The van der Waals surface area contributed by atoms with Crippen molar-refractivity contribution in [3.63, 3.8) is 0 Å². The van der Waals surface area contributed by atoms with E-state index in [1.54, 1.807) is 0 Å². The van der Waals surface area contributed by atoms with Crippen LogP contribution < -0.4 is 16.0 Å². The van der Waals surface area contributed by atoms with E-state index in [4.69, 9.17) is 17.3 Å². The number of pyridine rings is 1. The van der Waals surface area contributed by atoms with E-state index in [1.807, 2.05) is 30.6 Å². The standard InChI is InChI=1S/C14H17ClN4S/c15-13-3-4-14(20-13)18-11-8-17-6-5-12(11)19-7-1-2-10(16)9-19/h3-6,8,10,18H,1-2,7,9,16H2/t10-/m1/s1. The molecule has 0 bridgehead atoms. The van der Waals surface area contributed by atoms with Crippen LogP contribution in [0.1, 0.15) is 12.8 Å². The van der Waals surface area contributed by atoms with Crippen molar-refractivity contribution in [3.05, 3.63) is 34.9 Å². The van der Waals surface area contributed by atoms with Gasteiger partial charge in [0.2, 0.25) is 0 Å². The Hall–Kier alpha value is -1.30. The van der Waals surface area contributed by atoms with Crippen LogP contribution in [0.5, 0.6) is 0 Å². The van der Waals surface area contributed by atoms with E-state index in [0.29, 0.717) is 0 Å². The lowest BCUT2D eigenvalue weighted by atomic mass is 10.1. The fourth-order valence-electron chi connectivity index (χ4n) is 2.50. The largest absolute Gasteiger partial charge is 0.368 e. The van der Waals surface area contributed by atoms with Crippen LogP contribution in [-0.4, -0.2) is 24.1 Å². The molecular formula is C14H17ClN4S. The van der Waals surface area contributed by atoms with Crippen LogP contribution in [0.25, 0.3) is 0 Å². The molecule has 1 aliphatic heterocycles. The third kappa shape index (κ3) is 3.06. The van der Waals surface area contributed by atoms with Gasteiger partial charge >= 0.3 is 0 Å². The number of anilines is 3. The predicted molar refractivity (Wildman–Crippen MR) is 86.3 cm³/mol. The van der Waals surface area contributed by atoms with Crippen LogP contribution in [-0.2, 0) is 0 Å². The Morgan fingerprint density at radius 2 is 2.30 bits per heavy atom. The number of thiophene rings is 1. The summed E-state index contributed by atoms with van der Waals surface area (Å²) in [7, 11) is 0. The highest BCUT2D eigenvalue weighted by molar-refractivity contribution is 7.19. The lowest BCUT2D eigenvalue weighted by Gasteiger charge is -2.33. The summed E-state index contributed by atoms with van der Waals surface area (Å²) in [5.74, 6) is 0. The molecule has 0 radical (unpaired) electrons. The Morgan fingerprint density at radius 3 is 3.05 bits per heavy atom. The fraction of sp³-hybridized carbons (Fsp3) is 0.357. The molecule has 4 nitrogen and oxygen atoms in total. The van der Waals surface area contributed by atoms with Gasteiger partial charge in [0.15, 0.2) is 0 Å². The SMILES string of the molecule is N[C@@H]1CCCN(c2ccncc2Nc2ccc(Cl)s2)C1. The van der Waals surface area contributed by atoms with Crippen molar-refractivity contribution in [1.29, 1.82) is 0 Å². The van der Waals surface area contributed by atoms with Crippen molar-refractivity contribution < 1.29 is 0 Å². The number of piperidine rings is 1. The summed E-state index contributed by atoms with van der Waals surface area (Å²) in [4.78, 5) is 6.54. The zero-order valence-corrected chi connectivity index (χ0v) is 12.6. The molecule has 1 fully saturated rings. The Kier molecular flexibility index (Phi) is 4.10. The minimum Gasteiger partial charge on any atom is -0.368 e. The first kappa shape index (κ1) is 13.7. The molecule has 3 heterocycles. The molecule has 0 aliphatic carbocycles. The van der Waals surface area contributed by atoms with Gasteiger partial charge in [0.25, 0.3) is 0 Å². The summed E-state index contributed by atoms with van der Waals surface area (Å²) < 4.78 is 0.776. The van der Waals surface area contributed by atoms with Gasteiger partial charge in [0.05, 0.1) is 26.9 Å². The second-order valence-electron chi connectivity index (χ2n) is 4.97. The first-order valence-corrected chi connectivity index (χ1v) is 7.89. The van der Waals surface area contributed by atoms with E-state index in [2.05, 4.69) is 15.2 Å². The number of hydrogen-bond donors (Lipinski definition) is 2. The molecule has 1 saturated heterocycles. The van der Waals surface area contributed by atoms with E-state index < -0.39 is 0 Å².